The molecule has 2 heterocycles. The maximum Gasteiger partial charge on any atom is 0.434 e. The number of hydrogen-bond donors (Lipinski definition) is 1. The SMILES string of the molecule is O=C(NCc1ccccn1)c1ccc(C2=NCC(c3cc(Cl)cc(Cl)c3)(C(F)(F)F)O2)cc1. The van der Waals surface area contributed by atoms with Crippen molar-refractivity contribution in [3.05, 3.63) is 99.3 Å². The molecular weight excluding hydrogens is 478 g/mol. The van der Waals surface area contributed by atoms with Gasteiger partial charge in [0, 0.05) is 32.9 Å². The van der Waals surface area contributed by atoms with E-state index in [4.69, 9.17) is 27.9 Å². The van der Waals surface area contributed by atoms with E-state index in [1.807, 2.05) is 6.07 Å². The smallest absolute Gasteiger partial charge is 0.434 e. The van der Waals surface area contributed by atoms with E-state index in [0.717, 1.165) is 12.1 Å². The number of aromatic nitrogens is 1. The van der Waals surface area contributed by atoms with Gasteiger partial charge in [0.05, 0.1) is 18.8 Å². The van der Waals surface area contributed by atoms with Crippen molar-refractivity contribution in [2.45, 2.75) is 18.3 Å². The first kappa shape index (κ1) is 23.1. The molecule has 3 aromatic rings. The number of carbonyl (C=O) groups excluding carboxylic acids is 1. The van der Waals surface area contributed by atoms with Crippen LogP contribution in [-0.2, 0) is 16.9 Å². The van der Waals surface area contributed by atoms with Crippen molar-refractivity contribution in [3.63, 3.8) is 0 Å². The molecule has 1 aromatic heterocycles. The summed E-state index contributed by atoms with van der Waals surface area (Å²) < 4.78 is 47.7. The van der Waals surface area contributed by atoms with E-state index in [0.29, 0.717) is 16.8 Å². The maximum atomic E-state index is 14.1. The number of halogens is 5. The van der Waals surface area contributed by atoms with Gasteiger partial charge in [-0.1, -0.05) is 29.3 Å². The zero-order chi connectivity index (χ0) is 23.6. The number of alkyl halides is 3. The average molecular weight is 494 g/mol. The van der Waals surface area contributed by atoms with Crippen molar-refractivity contribution < 1.29 is 22.7 Å². The fourth-order valence-electron chi connectivity index (χ4n) is 3.35. The van der Waals surface area contributed by atoms with Crippen molar-refractivity contribution in [1.82, 2.24) is 10.3 Å². The van der Waals surface area contributed by atoms with E-state index >= 15 is 0 Å². The Balaban J connectivity index is 1.51. The summed E-state index contributed by atoms with van der Waals surface area (Å²) in [6.07, 6.45) is -3.16. The van der Waals surface area contributed by atoms with E-state index in [9.17, 15) is 18.0 Å². The van der Waals surface area contributed by atoms with Gasteiger partial charge in [0.1, 0.15) is 0 Å². The lowest BCUT2D eigenvalue weighted by Gasteiger charge is -2.31. The molecule has 2 aromatic carbocycles. The molecule has 0 radical (unpaired) electrons. The third-order valence-electron chi connectivity index (χ3n) is 5.05. The summed E-state index contributed by atoms with van der Waals surface area (Å²) in [5.41, 5.74) is -1.62. The number of benzene rings is 2. The number of carbonyl (C=O) groups is 1. The lowest BCUT2D eigenvalue weighted by molar-refractivity contribution is -0.249. The standard InChI is InChI=1S/C23H16Cl2F3N3O2/c24-17-9-16(10-18(25)11-17)22(23(26,27)28)13-31-21(33-22)15-6-4-14(5-7-15)20(32)30-12-19-3-1-2-8-29-19/h1-11H,12-13H2,(H,30,32). The highest BCUT2D eigenvalue weighted by Crippen LogP contribution is 2.47. The second kappa shape index (κ2) is 9.03. The van der Waals surface area contributed by atoms with Crippen LogP contribution in [0.15, 0.2) is 71.9 Å². The molecule has 0 aliphatic carbocycles. The van der Waals surface area contributed by atoms with Gasteiger partial charge in [-0.2, -0.15) is 13.2 Å². The predicted octanol–water partition coefficient (Wildman–Crippen LogP) is 5.55. The van der Waals surface area contributed by atoms with Crippen molar-refractivity contribution in [1.29, 1.82) is 0 Å². The highest BCUT2D eigenvalue weighted by molar-refractivity contribution is 6.34. The Hall–Kier alpha value is -3.10. The Labute approximate surface area is 197 Å². The summed E-state index contributed by atoms with van der Waals surface area (Å²) in [7, 11) is 0. The summed E-state index contributed by atoms with van der Waals surface area (Å²) in [6.45, 7) is -0.442. The van der Waals surface area contributed by atoms with Gasteiger partial charge in [0.2, 0.25) is 11.5 Å². The van der Waals surface area contributed by atoms with Gasteiger partial charge >= 0.3 is 6.18 Å². The largest absolute Gasteiger partial charge is 0.454 e. The molecule has 0 spiro atoms. The second-order valence-corrected chi connectivity index (χ2v) is 8.16. The number of nitrogens with one attached hydrogen (secondary N) is 1. The Kier molecular flexibility index (Phi) is 6.32. The van der Waals surface area contributed by atoms with Crippen molar-refractivity contribution in [3.8, 4) is 0 Å². The third-order valence-corrected chi connectivity index (χ3v) is 5.49. The highest BCUT2D eigenvalue weighted by atomic mass is 35.5. The summed E-state index contributed by atoms with van der Waals surface area (Å²) in [4.78, 5) is 20.5. The first-order chi connectivity index (χ1) is 15.7. The lowest BCUT2D eigenvalue weighted by atomic mass is 9.93. The van der Waals surface area contributed by atoms with E-state index in [-0.39, 0.29) is 34.0 Å². The first-order valence-corrected chi connectivity index (χ1v) is 10.5. The van der Waals surface area contributed by atoms with Crippen molar-refractivity contribution >= 4 is 35.0 Å². The molecule has 1 amide bonds. The van der Waals surface area contributed by atoms with Crippen molar-refractivity contribution in [2.75, 3.05) is 6.54 Å². The summed E-state index contributed by atoms with van der Waals surface area (Å²) in [5, 5.41) is 2.84. The molecule has 4 rings (SSSR count). The van der Waals surface area contributed by atoms with E-state index in [1.54, 1.807) is 18.3 Å². The number of ether oxygens (including phenoxy) is 1. The molecule has 0 saturated heterocycles. The Morgan fingerprint density at radius 2 is 1.76 bits per heavy atom. The fourth-order valence-corrected chi connectivity index (χ4v) is 3.88. The van der Waals surface area contributed by atoms with Gasteiger partial charge in [0.25, 0.3) is 5.91 Å². The predicted molar refractivity (Wildman–Crippen MR) is 119 cm³/mol. The van der Waals surface area contributed by atoms with Crippen LogP contribution in [0.3, 0.4) is 0 Å². The molecule has 1 N–H and O–H groups in total. The minimum Gasteiger partial charge on any atom is -0.454 e. The van der Waals surface area contributed by atoms with E-state index < -0.39 is 18.3 Å². The van der Waals surface area contributed by atoms with Crippen LogP contribution in [0.4, 0.5) is 13.2 Å². The number of aliphatic imine (C=N–C) groups is 1. The zero-order valence-corrected chi connectivity index (χ0v) is 18.4. The summed E-state index contributed by atoms with van der Waals surface area (Å²) >= 11 is 11.8. The van der Waals surface area contributed by atoms with Gasteiger partial charge in [-0.25, -0.2) is 4.99 Å². The summed E-state index contributed by atoms with van der Waals surface area (Å²) in [6, 6.07) is 14.9. The molecule has 10 heteroatoms. The van der Waals surface area contributed by atoms with Crippen LogP contribution in [-0.4, -0.2) is 29.5 Å². The van der Waals surface area contributed by atoms with Crippen LogP contribution >= 0.6 is 23.2 Å². The Morgan fingerprint density at radius 1 is 1.06 bits per heavy atom. The quantitative estimate of drug-likeness (QED) is 0.506. The minimum atomic E-state index is -4.78. The van der Waals surface area contributed by atoms with Crippen LogP contribution in [0.25, 0.3) is 0 Å². The monoisotopic (exact) mass is 493 g/mol. The molecule has 0 bridgehead atoms. The molecule has 1 unspecified atom stereocenters. The molecule has 5 nitrogen and oxygen atoms in total. The normalized spacial score (nSPS) is 17.9. The maximum absolute atomic E-state index is 14.1. The highest BCUT2D eigenvalue weighted by Gasteiger charge is 2.61. The van der Waals surface area contributed by atoms with Gasteiger partial charge < -0.3 is 10.1 Å². The zero-order valence-electron chi connectivity index (χ0n) is 16.9. The molecule has 170 valence electrons. The second-order valence-electron chi connectivity index (χ2n) is 7.29. The molecule has 1 aliphatic heterocycles. The fraction of sp³-hybridized carbons (Fsp3) is 0.174. The van der Waals surface area contributed by atoms with Gasteiger partial charge in [-0.05, 0) is 54.6 Å². The number of nitrogens with zero attached hydrogens (tertiary/aromatic N) is 2. The molecule has 33 heavy (non-hydrogen) atoms. The van der Waals surface area contributed by atoms with E-state index in [1.165, 1.54) is 30.3 Å². The molecule has 1 atom stereocenters. The van der Waals surface area contributed by atoms with Crippen LogP contribution < -0.4 is 5.32 Å². The average Bonchev–Trinajstić information content (AvgIpc) is 3.25. The Morgan fingerprint density at radius 3 is 2.36 bits per heavy atom. The Bertz CT molecular complexity index is 1180. The van der Waals surface area contributed by atoms with Crippen LogP contribution in [0.2, 0.25) is 10.0 Å². The van der Waals surface area contributed by atoms with Crippen LogP contribution in [0, 0.1) is 0 Å². The van der Waals surface area contributed by atoms with Crippen LogP contribution in [0.5, 0.6) is 0 Å². The molecule has 0 saturated carbocycles. The summed E-state index contributed by atoms with van der Waals surface area (Å²) in [5.74, 6) is -0.538. The van der Waals surface area contributed by atoms with E-state index in [2.05, 4.69) is 15.3 Å². The topological polar surface area (TPSA) is 63.6 Å². The first-order valence-electron chi connectivity index (χ1n) is 9.73. The molecule has 1 aliphatic rings. The van der Waals surface area contributed by atoms with Crippen LogP contribution in [0.1, 0.15) is 27.2 Å². The number of hydrogen-bond acceptors (Lipinski definition) is 4. The van der Waals surface area contributed by atoms with Gasteiger partial charge in [-0.15, -0.1) is 0 Å². The number of amides is 1. The van der Waals surface area contributed by atoms with Crippen molar-refractivity contribution in [2.24, 2.45) is 4.99 Å². The number of pyridine rings is 1. The third kappa shape index (κ3) is 4.82. The minimum absolute atomic E-state index is 0.0549. The molecular formula is C23H16Cl2F3N3O2. The van der Waals surface area contributed by atoms with Gasteiger partial charge in [0.15, 0.2) is 0 Å². The molecule has 0 fully saturated rings. The lowest BCUT2D eigenvalue weighted by Crippen LogP contribution is -2.45. The van der Waals surface area contributed by atoms with Gasteiger partial charge in [-0.3, -0.25) is 9.78 Å². The number of rotatable bonds is 5.